The zero-order valence-corrected chi connectivity index (χ0v) is 27.9. The molecular weight excluding hydrogens is 612 g/mol. The normalized spacial score (nSPS) is 31.2. The lowest BCUT2D eigenvalue weighted by Gasteiger charge is -2.41. The number of esters is 5. The fourth-order valence-corrected chi connectivity index (χ4v) is 6.32. The lowest BCUT2D eigenvalue weighted by atomic mass is 9.73. The Morgan fingerprint density at radius 2 is 1.38 bits per heavy atom. The van der Waals surface area contributed by atoms with E-state index < -0.39 is 101 Å². The Labute approximate surface area is 273 Å². The molecule has 0 spiro atoms. The molecule has 12 nitrogen and oxygen atoms in total. The van der Waals surface area contributed by atoms with Gasteiger partial charge in [-0.05, 0) is 32.9 Å². The molecule has 0 heterocycles. The van der Waals surface area contributed by atoms with Crippen LogP contribution in [0.25, 0.3) is 0 Å². The largest absolute Gasteiger partial charge is 0.458 e. The quantitative estimate of drug-likeness (QED) is 0.246. The van der Waals surface area contributed by atoms with Crippen LogP contribution in [0, 0.1) is 17.3 Å². The van der Waals surface area contributed by atoms with E-state index in [0.717, 1.165) is 27.7 Å². The number of rotatable bonds is 6. The molecule has 0 bridgehead atoms. The molecule has 1 fully saturated rings. The standard InChI is InChI=1S/C35H42O12/c1-19-15-16-33(7,8)27(40)17-26(43-21(3)36)20(2)29(44-22(4)37)28-31(45-23(5)38)34(9,18-35(28,30(19)41)46-24(6)39)47-32(42)25-13-11-10-12-14-25/h10-16,19,26,28-29,31H,2,17-18H2,1,3-9H3/b16-15-/t19-,26-,28+,29+,31-,34-,35-/m1/s1. The highest BCUT2D eigenvalue weighted by Gasteiger charge is 2.71. The van der Waals surface area contributed by atoms with Crippen LogP contribution in [0.1, 0.15) is 78.6 Å². The van der Waals surface area contributed by atoms with Crippen molar-refractivity contribution >= 4 is 41.4 Å². The maximum Gasteiger partial charge on any atom is 0.338 e. The highest BCUT2D eigenvalue weighted by molar-refractivity contribution is 5.95. The smallest absolute Gasteiger partial charge is 0.338 e. The highest BCUT2D eigenvalue weighted by atomic mass is 16.6. The SMILES string of the molecule is C=C1[C@H](OC(C)=O)CC(=O)C(C)(C)/C=C\[C@@H](C)C(=O)[C@@]2(OC(C)=O)C[C@@](C)(OC(=O)c3ccccc3)[C@H](OC(C)=O)[C@@H]2[C@H]1OC(C)=O. The molecule has 1 saturated carbocycles. The predicted octanol–water partition coefficient (Wildman–Crippen LogP) is 4.04. The zero-order valence-electron chi connectivity index (χ0n) is 27.9. The number of benzene rings is 1. The van der Waals surface area contributed by atoms with Gasteiger partial charge in [-0.2, -0.15) is 0 Å². The number of ether oxygens (including phenoxy) is 5. The average Bonchev–Trinajstić information content (AvgIpc) is 3.19. The van der Waals surface area contributed by atoms with Crippen molar-refractivity contribution in [1.82, 2.24) is 0 Å². The zero-order chi connectivity index (χ0) is 35.5. The van der Waals surface area contributed by atoms with Crippen molar-refractivity contribution in [3.63, 3.8) is 0 Å². The third kappa shape index (κ3) is 8.04. The van der Waals surface area contributed by atoms with Gasteiger partial charge in [-0.3, -0.25) is 28.8 Å². The Kier molecular flexibility index (Phi) is 11.0. The molecule has 0 N–H and O–H groups in total. The number of allylic oxidation sites excluding steroid dienone is 2. The molecule has 0 aliphatic heterocycles. The molecule has 254 valence electrons. The first-order valence-corrected chi connectivity index (χ1v) is 15.2. The molecule has 7 atom stereocenters. The van der Waals surface area contributed by atoms with Gasteiger partial charge in [0.2, 0.25) is 0 Å². The first kappa shape index (κ1) is 36.9. The third-order valence-corrected chi connectivity index (χ3v) is 8.46. The van der Waals surface area contributed by atoms with E-state index in [1.54, 1.807) is 32.0 Å². The summed E-state index contributed by atoms with van der Waals surface area (Å²) in [5.41, 5.74) is -5.31. The van der Waals surface area contributed by atoms with E-state index in [0.29, 0.717) is 0 Å². The van der Waals surface area contributed by atoms with E-state index in [2.05, 4.69) is 6.58 Å². The second-order valence-corrected chi connectivity index (χ2v) is 12.8. The van der Waals surface area contributed by atoms with Gasteiger partial charge in [-0.1, -0.05) is 43.9 Å². The maximum atomic E-state index is 14.7. The molecule has 0 saturated heterocycles. The van der Waals surface area contributed by atoms with Crippen molar-refractivity contribution in [1.29, 1.82) is 0 Å². The molecule has 2 aliphatic carbocycles. The summed E-state index contributed by atoms with van der Waals surface area (Å²) in [7, 11) is 0. The highest BCUT2D eigenvalue weighted by Crippen LogP contribution is 2.54. The summed E-state index contributed by atoms with van der Waals surface area (Å²) >= 11 is 0. The van der Waals surface area contributed by atoms with Gasteiger partial charge in [0, 0.05) is 57.4 Å². The van der Waals surface area contributed by atoms with Crippen LogP contribution >= 0.6 is 0 Å². The molecule has 1 aromatic carbocycles. The second-order valence-electron chi connectivity index (χ2n) is 12.8. The van der Waals surface area contributed by atoms with E-state index in [9.17, 15) is 33.6 Å². The van der Waals surface area contributed by atoms with Crippen molar-refractivity contribution in [3.8, 4) is 0 Å². The van der Waals surface area contributed by atoms with Crippen LogP contribution in [0.5, 0.6) is 0 Å². The predicted molar refractivity (Wildman–Crippen MR) is 165 cm³/mol. The Bertz CT molecular complexity index is 1490. The van der Waals surface area contributed by atoms with Crippen molar-refractivity contribution < 1.29 is 57.2 Å². The summed E-state index contributed by atoms with van der Waals surface area (Å²) in [5, 5.41) is 0. The molecule has 0 radical (unpaired) electrons. The van der Waals surface area contributed by atoms with E-state index in [1.165, 1.54) is 38.1 Å². The minimum absolute atomic E-state index is 0.141. The maximum absolute atomic E-state index is 14.7. The van der Waals surface area contributed by atoms with Crippen LogP contribution in [-0.4, -0.2) is 70.9 Å². The van der Waals surface area contributed by atoms with Crippen LogP contribution in [-0.2, 0) is 52.5 Å². The van der Waals surface area contributed by atoms with E-state index in [1.807, 2.05) is 0 Å². The summed E-state index contributed by atoms with van der Waals surface area (Å²) in [4.78, 5) is 92.3. The van der Waals surface area contributed by atoms with Crippen LogP contribution < -0.4 is 0 Å². The molecule has 3 rings (SSSR count). The average molecular weight is 655 g/mol. The molecule has 0 unspecified atom stereocenters. The number of carbonyl (C=O) groups excluding carboxylic acids is 7. The molecule has 47 heavy (non-hydrogen) atoms. The molecule has 12 heteroatoms. The number of hydrogen-bond acceptors (Lipinski definition) is 12. The van der Waals surface area contributed by atoms with Gasteiger partial charge < -0.3 is 23.7 Å². The first-order chi connectivity index (χ1) is 21.7. The van der Waals surface area contributed by atoms with Crippen LogP contribution in [0.4, 0.5) is 0 Å². The van der Waals surface area contributed by atoms with E-state index >= 15 is 0 Å². The monoisotopic (exact) mass is 654 g/mol. The molecular formula is C35H42O12. The number of ketones is 2. The van der Waals surface area contributed by atoms with Crippen LogP contribution in [0.3, 0.4) is 0 Å². The van der Waals surface area contributed by atoms with Gasteiger partial charge in [0.25, 0.3) is 0 Å². The molecule has 1 aromatic rings. The number of hydrogen-bond donors (Lipinski definition) is 0. The summed E-state index contributed by atoms with van der Waals surface area (Å²) < 4.78 is 29.0. The summed E-state index contributed by atoms with van der Waals surface area (Å²) in [6.45, 7) is 14.6. The van der Waals surface area contributed by atoms with Crippen LogP contribution in [0.15, 0.2) is 54.6 Å². The lowest BCUT2D eigenvalue weighted by molar-refractivity contribution is -0.186. The number of carbonyl (C=O) groups is 7. The molecule has 0 amide bonds. The summed E-state index contributed by atoms with van der Waals surface area (Å²) in [5.74, 6) is -8.00. The molecule has 2 aliphatic rings. The Hall–Kier alpha value is -4.61. The summed E-state index contributed by atoms with van der Waals surface area (Å²) in [6.07, 6.45) is -2.58. The number of fused-ring (bicyclic) bond motifs is 1. The van der Waals surface area contributed by atoms with Crippen molar-refractivity contribution in [2.75, 3.05) is 0 Å². The van der Waals surface area contributed by atoms with Gasteiger partial charge in [0.15, 0.2) is 23.1 Å². The second kappa shape index (κ2) is 14.0. The van der Waals surface area contributed by atoms with E-state index in [-0.39, 0.29) is 11.1 Å². The van der Waals surface area contributed by atoms with Gasteiger partial charge in [-0.15, -0.1) is 0 Å². The Morgan fingerprint density at radius 3 is 1.91 bits per heavy atom. The van der Waals surface area contributed by atoms with Gasteiger partial charge in [0.05, 0.1) is 11.5 Å². The Morgan fingerprint density at radius 1 is 0.809 bits per heavy atom. The summed E-state index contributed by atoms with van der Waals surface area (Å²) in [6, 6.07) is 7.91. The van der Waals surface area contributed by atoms with Crippen molar-refractivity contribution in [2.45, 2.75) is 97.7 Å². The van der Waals surface area contributed by atoms with Gasteiger partial charge in [-0.25, -0.2) is 4.79 Å². The fourth-order valence-electron chi connectivity index (χ4n) is 6.32. The molecule has 0 aromatic heterocycles. The van der Waals surface area contributed by atoms with Gasteiger partial charge in [0.1, 0.15) is 18.0 Å². The minimum atomic E-state index is -2.27. The lowest BCUT2D eigenvalue weighted by Crippen LogP contribution is -2.57. The van der Waals surface area contributed by atoms with Crippen molar-refractivity contribution in [3.05, 3.63) is 60.2 Å². The minimum Gasteiger partial charge on any atom is -0.458 e. The van der Waals surface area contributed by atoms with Crippen molar-refractivity contribution in [2.24, 2.45) is 17.3 Å². The van der Waals surface area contributed by atoms with Crippen LogP contribution in [0.2, 0.25) is 0 Å². The Balaban J connectivity index is 2.44. The number of Topliss-reactive ketones (excluding diaryl/α,β-unsaturated/α-hetero) is 2. The topological polar surface area (TPSA) is 166 Å². The van der Waals surface area contributed by atoms with E-state index in [4.69, 9.17) is 23.7 Å². The fraction of sp³-hybridized carbons (Fsp3) is 0.514. The third-order valence-electron chi connectivity index (χ3n) is 8.46. The first-order valence-electron chi connectivity index (χ1n) is 15.2. The van der Waals surface area contributed by atoms with Gasteiger partial charge >= 0.3 is 29.8 Å².